The number of hydrogen-bond acceptors (Lipinski definition) is 5. The van der Waals surface area contributed by atoms with Crippen LogP contribution >= 0.6 is 23.5 Å². The van der Waals surface area contributed by atoms with Crippen molar-refractivity contribution >= 4 is 34.7 Å². The van der Waals surface area contributed by atoms with Gasteiger partial charge in [-0.15, -0.1) is 23.5 Å². The molecule has 4 nitrogen and oxygen atoms in total. The second-order valence-corrected chi connectivity index (χ2v) is 8.15. The summed E-state index contributed by atoms with van der Waals surface area (Å²) in [4.78, 5) is 13.5. The Balaban J connectivity index is 1.64. The van der Waals surface area contributed by atoms with Crippen molar-refractivity contribution in [2.24, 2.45) is 0 Å². The van der Waals surface area contributed by atoms with Crippen LogP contribution in [0.5, 0.6) is 0 Å². The highest BCUT2D eigenvalue weighted by Gasteiger charge is 2.20. The van der Waals surface area contributed by atoms with Crippen LogP contribution in [0, 0.1) is 0 Å². The van der Waals surface area contributed by atoms with E-state index in [0.717, 1.165) is 29.8 Å². The van der Waals surface area contributed by atoms with Crippen LogP contribution in [0.1, 0.15) is 11.3 Å². The molecule has 3 aromatic rings. The van der Waals surface area contributed by atoms with Crippen LogP contribution in [-0.4, -0.2) is 35.6 Å². The van der Waals surface area contributed by atoms with E-state index in [2.05, 4.69) is 43.8 Å². The van der Waals surface area contributed by atoms with Crippen LogP contribution in [0.3, 0.4) is 0 Å². The predicted octanol–water partition coefficient (Wildman–Crippen LogP) is 3.22. The second kappa shape index (κ2) is 6.30. The maximum absolute atomic E-state index is 4.58. The van der Waals surface area contributed by atoms with E-state index in [9.17, 15) is 0 Å². The molecule has 3 heterocycles. The maximum atomic E-state index is 4.58. The van der Waals surface area contributed by atoms with Crippen LogP contribution in [-0.2, 0) is 13.0 Å². The summed E-state index contributed by atoms with van der Waals surface area (Å²) >= 11 is 4.05. The Morgan fingerprint density at radius 2 is 1.86 bits per heavy atom. The Morgan fingerprint density at radius 3 is 2.68 bits per heavy atom. The van der Waals surface area contributed by atoms with E-state index in [-0.39, 0.29) is 0 Å². The molecule has 1 aromatic carbocycles. The lowest BCUT2D eigenvalue weighted by atomic mass is 10.2. The van der Waals surface area contributed by atoms with Gasteiger partial charge in [-0.25, -0.2) is 15.0 Å². The molecule has 0 amide bonds. The Labute approximate surface area is 137 Å². The van der Waals surface area contributed by atoms with Gasteiger partial charge in [0.05, 0.1) is 23.1 Å². The van der Waals surface area contributed by atoms with Crippen molar-refractivity contribution in [1.82, 2.24) is 19.5 Å². The zero-order valence-electron chi connectivity index (χ0n) is 12.1. The van der Waals surface area contributed by atoms with E-state index in [0.29, 0.717) is 4.58 Å². The van der Waals surface area contributed by atoms with Crippen molar-refractivity contribution in [1.29, 1.82) is 0 Å². The molecular formula is C16H16N4S2. The predicted molar refractivity (Wildman–Crippen MR) is 93.3 cm³/mol. The standard InChI is InChI=1S/C16H16N4S2/c1-2-4-12(5-3-1)9-20-11-19-15-13(17-10-18-16(15)20)8-14-21-6-7-22-14/h1-5,10-11,14H,6-9H2. The number of thioether (sulfide) groups is 2. The minimum absolute atomic E-state index is 0.609. The molecule has 1 aliphatic heterocycles. The van der Waals surface area contributed by atoms with Gasteiger partial charge in [0, 0.05) is 17.9 Å². The number of rotatable bonds is 4. The molecule has 1 aliphatic rings. The molecule has 0 spiro atoms. The average Bonchev–Trinajstić information content (AvgIpc) is 3.19. The van der Waals surface area contributed by atoms with Crippen molar-refractivity contribution in [3.63, 3.8) is 0 Å². The smallest absolute Gasteiger partial charge is 0.163 e. The summed E-state index contributed by atoms with van der Waals surface area (Å²) in [7, 11) is 0. The summed E-state index contributed by atoms with van der Waals surface area (Å²) in [6.45, 7) is 0.792. The van der Waals surface area contributed by atoms with Crippen molar-refractivity contribution in [3.05, 3.63) is 54.2 Å². The molecule has 0 bridgehead atoms. The van der Waals surface area contributed by atoms with E-state index >= 15 is 0 Å². The topological polar surface area (TPSA) is 43.6 Å². The molecule has 112 valence electrons. The summed E-state index contributed by atoms with van der Waals surface area (Å²) in [5.74, 6) is 2.48. The zero-order valence-corrected chi connectivity index (χ0v) is 13.7. The largest absolute Gasteiger partial charge is 0.311 e. The van der Waals surface area contributed by atoms with Crippen molar-refractivity contribution in [2.75, 3.05) is 11.5 Å². The van der Waals surface area contributed by atoms with Gasteiger partial charge in [-0.1, -0.05) is 30.3 Å². The fraction of sp³-hybridized carbons (Fsp3) is 0.312. The zero-order chi connectivity index (χ0) is 14.8. The maximum Gasteiger partial charge on any atom is 0.163 e. The van der Waals surface area contributed by atoms with E-state index in [1.807, 2.05) is 35.9 Å². The fourth-order valence-corrected chi connectivity index (χ4v) is 5.47. The van der Waals surface area contributed by atoms with Gasteiger partial charge in [-0.3, -0.25) is 0 Å². The summed E-state index contributed by atoms with van der Waals surface area (Å²) < 4.78 is 2.71. The van der Waals surface area contributed by atoms with Crippen LogP contribution in [0.25, 0.3) is 11.2 Å². The van der Waals surface area contributed by atoms with E-state index in [1.165, 1.54) is 17.1 Å². The third-order valence-corrected chi connectivity index (χ3v) is 6.76. The van der Waals surface area contributed by atoms with Gasteiger partial charge in [-0.2, -0.15) is 0 Å². The summed E-state index contributed by atoms with van der Waals surface area (Å²) in [5, 5.41) is 0. The lowest BCUT2D eigenvalue weighted by Crippen LogP contribution is -2.04. The number of benzene rings is 1. The minimum atomic E-state index is 0.609. The molecule has 2 aromatic heterocycles. The normalized spacial score (nSPS) is 15.6. The van der Waals surface area contributed by atoms with Crippen molar-refractivity contribution in [3.8, 4) is 0 Å². The highest BCUT2D eigenvalue weighted by atomic mass is 32.2. The first-order valence-corrected chi connectivity index (χ1v) is 9.42. The highest BCUT2D eigenvalue weighted by molar-refractivity contribution is 8.20. The van der Waals surface area contributed by atoms with Gasteiger partial charge in [0.15, 0.2) is 5.65 Å². The first-order valence-electron chi connectivity index (χ1n) is 7.32. The second-order valence-electron chi connectivity index (χ2n) is 5.23. The van der Waals surface area contributed by atoms with Crippen LogP contribution in [0.4, 0.5) is 0 Å². The fourth-order valence-electron chi connectivity index (χ4n) is 2.66. The van der Waals surface area contributed by atoms with Gasteiger partial charge in [0.1, 0.15) is 11.8 Å². The third-order valence-electron chi connectivity index (χ3n) is 3.72. The minimum Gasteiger partial charge on any atom is -0.311 e. The van der Waals surface area contributed by atoms with E-state index in [4.69, 9.17) is 0 Å². The van der Waals surface area contributed by atoms with Gasteiger partial charge < -0.3 is 4.57 Å². The molecule has 22 heavy (non-hydrogen) atoms. The first kappa shape index (κ1) is 14.1. The van der Waals surface area contributed by atoms with Crippen LogP contribution in [0.2, 0.25) is 0 Å². The third kappa shape index (κ3) is 2.85. The summed E-state index contributed by atoms with van der Waals surface area (Å²) in [6.07, 6.45) is 4.52. The molecule has 4 rings (SSSR count). The Morgan fingerprint density at radius 1 is 1.05 bits per heavy atom. The molecule has 0 saturated carbocycles. The molecule has 0 radical (unpaired) electrons. The van der Waals surface area contributed by atoms with Gasteiger partial charge in [0.2, 0.25) is 0 Å². The molecule has 6 heteroatoms. The molecular weight excluding hydrogens is 312 g/mol. The van der Waals surface area contributed by atoms with Gasteiger partial charge in [-0.05, 0) is 5.56 Å². The quantitative estimate of drug-likeness (QED) is 0.736. The monoisotopic (exact) mass is 328 g/mol. The van der Waals surface area contributed by atoms with Gasteiger partial charge >= 0.3 is 0 Å². The van der Waals surface area contributed by atoms with Crippen LogP contribution < -0.4 is 0 Å². The average molecular weight is 328 g/mol. The molecule has 1 saturated heterocycles. The molecule has 0 aliphatic carbocycles. The van der Waals surface area contributed by atoms with Crippen molar-refractivity contribution in [2.45, 2.75) is 17.5 Å². The van der Waals surface area contributed by atoms with E-state index < -0.39 is 0 Å². The number of aromatic nitrogens is 4. The highest BCUT2D eigenvalue weighted by Crippen LogP contribution is 2.34. The Kier molecular flexibility index (Phi) is 4.03. The number of imidazole rings is 1. The Bertz CT molecular complexity index is 766. The molecule has 1 fully saturated rings. The van der Waals surface area contributed by atoms with Gasteiger partial charge in [0.25, 0.3) is 0 Å². The molecule has 0 N–H and O–H groups in total. The summed E-state index contributed by atoms with van der Waals surface area (Å²) in [6, 6.07) is 10.4. The number of fused-ring (bicyclic) bond motifs is 1. The molecule has 0 unspecified atom stereocenters. The van der Waals surface area contributed by atoms with Crippen LogP contribution in [0.15, 0.2) is 43.0 Å². The molecule has 0 atom stereocenters. The summed E-state index contributed by atoms with van der Waals surface area (Å²) in [5.41, 5.74) is 4.21. The Hall–Kier alpha value is -1.53. The van der Waals surface area contributed by atoms with Crippen molar-refractivity contribution < 1.29 is 0 Å². The number of hydrogen-bond donors (Lipinski definition) is 0. The lowest BCUT2D eigenvalue weighted by Gasteiger charge is -2.08. The lowest BCUT2D eigenvalue weighted by molar-refractivity contribution is 0.812. The first-order chi connectivity index (χ1) is 10.9. The van der Waals surface area contributed by atoms with E-state index in [1.54, 1.807) is 6.33 Å². The SMILES string of the molecule is c1ccc(Cn2cnc3c(CC4SCCS4)ncnc32)cc1. The number of nitrogens with zero attached hydrogens (tertiary/aromatic N) is 4.